The Morgan fingerprint density at radius 2 is 1.80 bits per heavy atom. The third kappa shape index (κ3) is 4.21. The third-order valence-electron chi connectivity index (χ3n) is 5.62. The molecule has 5 rings (SSSR count). The van der Waals surface area contributed by atoms with E-state index in [0.717, 1.165) is 11.3 Å². The van der Waals surface area contributed by atoms with Crippen molar-refractivity contribution in [2.24, 2.45) is 5.73 Å². The van der Waals surface area contributed by atoms with E-state index in [-0.39, 0.29) is 23.2 Å². The van der Waals surface area contributed by atoms with Crippen molar-refractivity contribution < 1.29 is 9.13 Å². The summed E-state index contributed by atoms with van der Waals surface area (Å²) in [6.07, 6.45) is 0. The Kier molecular flexibility index (Phi) is 5.92. The summed E-state index contributed by atoms with van der Waals surface area (Å²) in [6.45, 7) is 0. The lowest BCUT2D eigenvalue weighted by atomic mass is 9.84. The largest absolute Gasteiger partial charge is 0.420 e. The Bertz CT molecular complexity index is 1520. The van der Waals surface area contributed by atoms with Crippen molar-refractivity contribution in [3.05, 3.63) is 106 Å². The van der Waals surface area contributed by atoms with Gasteiger partial charge in [0, 0.05) is 11.3 Å². The molecule has 35 heavy (non-hydrogen) atoms. The first kappa shape index (κ1) is 22.2. The number of hydrogen-bond acceptors (Lipinski definition) is 7. The number of hydrogen-bond donors (Lipinski definition) is 2. The van der Waals surface area contributed by atoms with Gasteiger partial charge in [-0.1, -0.05) is 54.2 Å². The zero-order valence-corrected chi connectivity index (χ0v) is 19.0. The van der Waals surface area contributed by atoms with Gasteiger partial charge in [0.2, 0.25) is 11.8 Å². The molecule has 1 aliphatic rings. The molecule has 0 amide bonds. The molecule has 4 aromatic rings. The Labute approximate surface area is 204 Å². The van der Waals surface area contributed by atoms with Gasteiger partial charge in [-0.2, -0.15) is 10.5 Å². The third-order valence-corrected chi connectivity index (χ3v) is 6.64. The van der Waals surface area contributed by atoms with Crippen molar-refractivity contribution in [1.29, 1.82) is 10.5 Å². The molecule has 0 saturated heterocycles. The van der Waals surface area contributed by atoms with Crippen LogP contribution in [0.2, 0.25) is 0 Å². The van der Waals surface area contributed by atoms with Gasteiger partial charge in [0.05, 0.1) is 28.4 Å². The Balaban J connectivity index is 1.50. The van der Waals surface area contributed by atoms with Gasteiger partial charge in [-0.15, -0.1) is 5.10 Å². The number of nitrogens with zero attached hydrogens (tertiary/aromatic N) is 4. The summed E-state index contributed by atoms with van der Waals surface area (Å²) in [5.41, 5.74) is 10.4. The van der Waals surface area contributed by atoms with Crippen LogP contribution in [0.4, 0.5) is 4.39 Å². The molecule has 7 nitrogen and oxygen atoms in total. The molecule has 0 fully saturated rings. The Morgan fingerprint density at radius 3 is 2.51 bits per heavy atom. The number of allylic oxidation sites excluding steroid dienone is 1. The van der Waals surface area contributed by atoms with Crippen molar-refractivity contribution in [3.8, 4) is 29.3 Å². The van der Waals surface area contributed by atoms with E-state index in [0.29, 0.717) is 33.2 Å². The minimum Gasteiger partial charge on any atom is -0.420 e. The quantitative estimate of drug-likeness (QED) is 0.385. The molecule has 3 N–H and O–H groups in total. The molecule has 0 spiro atoms. The van der Waals surface area contributed by atoms with E-state index in [4.69, 9.17) is 15.5 Å². The van der Waals surface area contributed by atoms with Crippen molar-refractivity contribution in [3.63, 3.8) is 0 Å². The number of nitrogens with two attached hydrogens (primary N) is 1. The summed E-state index contributed by atoms with van der Waals surface area (Å²) in [6, 6.07) is 23.5. The van der Waals surface area contributed by atoms with Crippen LogP contribution >= 0.6 is 11.8 Å². The lowest BCUT2D eigenvalue weighted by Crippen LogP contribution is -2.21. The van der Waals surface area contributed by atoms with Gasteiger partial charge < -0.3 is 10.5 Å². The highest BCUT2D eigenvalue weighted by Gasteiger charge is 2.35. The number of rotatable bonds is 5. The summed E-state index contributed by atoms with van der Waals surface area (Å²) in [7, 11) is 0. The molecule has 0 radical (unpaired) electrons. The van der Waals surface area contributed by atoms with Crippen LogP contribution < -0.4 is 10.5 Å². The fourth-order valence-electron chi connectivity index (χ4n) is 3.95. The number of thioether (sulfide) groups is 1. The first-order valence-corrected chi connectivity index (χ1v) is 11.6. The highest BCUT2D eigenvalue weighted by molar-refractivity contribution is 7.98. The van der Waals surface area contributed by atoms with Crippen LogP contribution in [-0.2, 0) is 5.75 Å². The van der Waals surface area contributed by atoms with Gasteiger partial charge >= 0.3 is 0 Å². The maximum atomic E-state index is 13.6. The molecular weight excluding hydrogens is 463 g/mol. The Morgan fingerprint density at radius 1 is 1.03 bits per heavy atom. The van der Waals surface area contributed by atoms with Crippen LogP contribution in [0.15, 0.2) is 83.2 Å². The standard InChI is InChI=1S/C26H17FN6OS/c27-18-9-6-16(7-10-18)22-19(13-29)24(30)34-25-23(22)21(32-33-25)14-35-26-17(12-28)8-11-20(31-26)15-4-2-1-3-5-15/h1-11,22H,14,30H2,(H,32,33). The maximum Gasteiger partial charge on any atom is 0.244 e. The number of halogens is 1. The topological polar surface area (TPSA) is 124 Å². The fraction of sp³-hybridized carbons (Fsp3) is 0.0769. The normalized spacial score (nSPS) is 14.5. The van der Waals surface area contributed by atoms with E-state index in [9.17, 15) is 14.9 Å². The molecule has 1 unspecified atom stereocenters. The summed E-state index contributed by atoms with van der Waals surface area (Å²) >= 11 is 1.37. The summed E-state index contributed by atoms with van der Waals surface area (Å²) in [5, 5.41) is 27.2. The monoisotopic (exact) mass is 480 g/mol. The number of nitrogens with one attached hydrogen (secondary N) is 1. The van der Waals surface area contributed by atoms with E-state index in [1.54, 1.807) is 18.2 Å². The molecule has 170 valence electrons. The number of H-pyrrole nitrogens is 1. The van der Waals surface area contributed by atoms with E-state index >= 15 is 0 Å². The van der Waals surface area contributed by atoms with E-state index in [1.807, 2.05) is 36.4 Å². The second kappa shape index (κ2) is 9.34. The molecular formula is C26H17FN6OS. The highest BCUT2D eigenvalue weighted by atomic mass is 32.2. The first-order valence-electron chi connectivity index (χ1n) is 10.6. The number of nitriles is 2. The molecule has 0 saturated carbocycles. The lowest BCUT2D eigenvalue weighted by molar-refractivity contribution is 0.378. The van der Waals surface area contributed by atoms with Crippen molar-refractivity contribution >= 4 is 11.8 Å². The predicted octanol–water partition coefficient (Wildman–Crippen LogP) is 4.99. The van der Waals surface area contributed by atoms with E-state index < -0.39 is 5.92 Å². The highest BCUT2D eigenvalue weighted by Crippen LogP contribution is 2.44. The van der Waals surface area contributed by atoms with Crippen LogP contribution in [-0.4, -0.2) is 15.2 Å². The van der Waals surface area contributed by atoms with Crippen molar-refractivity contribution in [1.82, 2.24) is 15.2 Å². The minimum atomic E-state index is -0.572. The molecule has 2 aromatic heterocycles. The molecule has 2 aromatic carbocycles. The van der Waals surface area contributed by atoms with Gasteiger partial charge in [0.15, 0.2) is 0 Å². The fourth-order valence-corrected chi connectivity index (χ4v) is 4.89. The van der Waals surface area contributed by atoms with E-state index in [2.05, 4.69) is 22.3 Å². The maximum absolute atomic E-state index is 13.6. The zero-order valence-electron chi connectivity index (χ0n) is 18.2. The van der Waals surface area contributed by atoms with Gasteiger partial charge in [0.1, 0.15) is 28.6 Å². The molecule has 9 heteroatoms. The summed E-state index contributed by atoms with van der Waals surface area (Å²) in [4.78, 5) is 4.71. The minimum absolute atomic E-state index is 0.0379. The number of fused-ring (bicyclic) bond motifs is 1. The van der Waals surface area contributed by atoms with Gasteiger partial charge in [-0.3, -0.25) is 5.10 Å². The summed E-state index contributed by atoms with van der Waals surface area (Å²) in [5.74, 6) is -0.352. The predicted molar refractivity (Wildman–Crippen MR) is 128 cm³/mol. The van der Waals surface area contributed by atoms with Crippen LogP contribution in [0, 0.1) is 28.5 Å². The van der Waals surface area contributed by atoms with Gasteiger partial charge in [-0.05, 0) is 29.8 Å². The van der Waals surface area contributed by atoms with Gasteiger partial charge in [-0.25, -0.2) is 9.37 Å². The van der Waals surface area contributed by atoms with Crippen LogP contribution in [0.3, 0.4) is 0 Å². The van der Waals surface area contributed by atoms with Crippen molar-refractivity contribution in [2.45, 2.75) is 16.7 Å². The van der Waals surface area contributed by atoms with Crippen LogP contribution in [0.5, 0.6) is 5.88 Å². The lowest BCUT2D eigenvalue weighted by Gasteiger charge is -2.24. The molecule has 3 heterocycles. The summed E-state index contributed by atoms with van der Waals surface area (Å²) < 4.78 is 19.2. The number of aromatic amines is 1. The second-order valence-corrected chi connectivity index (χ2v) is 8.68. The number of benzene rings is 2. The number of aromatic nitrogens is 3. The first-order chi connectivity index (χ1) is 17.1. The molecule has 1 aliphatic heterocycles. The smallest absolute Gasteiger partial charge is 0.244 e. The number of pyridine rings is 1. The van der Waals surface area contributed by atoms with Crippen molar-refractivity contribution in [2.75, 3.05) is 0 Å². The SMILES string of the molecule is N#CC1=C(N)Oc2n[nH]c(CSc3nc(-c4ccccc4)ccc3C#N)c2C1c1ccc(F)cc1. The van der Waals surface area contributed by atoms with E-state index in [1.165, 1.54) is 23.9 Å². The van der Waals surface area contributed by atoms with Crippen LogP contribution in [0.1, 0.15) is 28.3 Å². The Hall–Kier alpha value is -4.60. The average Bonchev–Trinajstić information content (AvgIpc) is 3.29. The molecule has 0 aliphatic carbocycles. The molecule has 0 bridgehead atoms. The average molecular weight is 481 g/mol. The zero-order chi connectivity index (χ0) is 24.4. The second-order valence-electron chi connectivity index (χ2n) is 7.71. The van der Waals surface area contributed by atoms with Gasteiger partial charge in [0.25, 0.3) is 0 Å². The van der Waals surface area contributed by atoms with Crippen LogP contribution in [0.25, 0.3) is 11.3 Å². The number of ether oxygens (including phenoxy) is 1. The molecule has 1 atom stereocenters.